The molecule has 0 aromatic carbocycles. The van der Waals surface area contributed by atoms with Crippen LogP contribution in [0.25, 0.3) is 0 Å². The standard InChI is InChI=1S/C12H21N3O2/c1-8(9(2)13-3)12-14-11(15-17-12)10-4-6-16-7-5-10/h8-10,13H,4-7H2,1-3H3. The van der Waals surface area contributed by atoms with Crippen molar-refractivity contribution in [3.8, 4) is 0 Å². The Kier molecular flexibility index (Phi) is 4.12. The maximum absolute atomic E-state index is 5.36. The van der Waals surface area contributed by atoms with Crippen molar-refractivity contribution in [1.29, 1.82) is 0 Å². The zero-order valence-electron chi connectivity index (χ0n) is 10.8. The largest absolute Gasteiger partial charge is 0.381 e. The molecular weight excluding hydrogens is 218 g/mol. The first-order valence-electron chi connectivity index (χ1n) is 6.31. The fraction of sp³-hybridized carbons (Fsp3) is 0.833. The molecule has 5 nitrogen and oxygen atoms in total. The highest BCUT2D eigenvalue weighted by Crippen LogP contribution is 2.26. The Morgan fingerprint density at radius 2 is 2.00 bits per heavy atom. The third kappa shape index (κ3) is 2.84. The van der Waals surface area contributed by atoms with Crippen LogP contribution in [0.3, 0.4) is 0 Å². The second-order valence-electron chi connectivity index (χ2n) is 4.74. The Balaban J connectivity index is 2.04. The molecule has 0 aliphatic carbocycles. The summed E-state index contributed by atoms with van der Waals surface area (Å²) in [4.78, 5) is 4.53. The zero-order chi connectivity index (χ0) is 12.3. The van der Waals surface area contributed by atoms with Crippen molar-refractivity contribution in [3.05, 3.63) is 11.7 Å². The van der Waals surface area contributed by atoms with Crippen molar-refractivity contribution in [2.75, 3.05) is 20.3 Å². The minimum atomic E-state index is 0.237. The summed E-state index contributed by atoms with van der Waals surface area (Å²) in [7, 11) is 1.94. The topological polar surface area (TPSA) is 60.2 Å². The number of rotatable bonds is 4. The quantitative estimate of drug-likeness (QED) is 0.866. The molecule has 5 heteroatoms. The number of aromatic nitrogens is 2. The molecule has 1 fully saturated rings. The van der Waals surface area contributed by atoms with Crippen LogP contribution < -0.4 is 5.32 Å². The van der Waals surface area contributed by atoms with Gasteiger partial charge in [0.25, 0.3) is 0 Å². The Morgan fingerprint density at radius 3 is 2.65 bits per heavy atom. The lowest BCUT2D eigenvalue weighted by molar-refractivity contribution is 0.0830. The summed E-state index contributed by atoms with van der Waals surface area (Å²) in [6.45, 7) is 5.82. The van der Waals surface area contributed by atoms with E-state index in [0.29, 0.717) is 12.0 Å². The van der Waals surface area contributed by atoms with Crippen LogP contribution in [-0.4, -0.2) is 36.4 Å². The van der Waals surface area contributed by atoms with E-state index in [-0.39, 0.29) is 5.92 Å². The van der Waals surface area contributed by atoms with E-state index in [0.717, 1.165) is 37.8 Å². The van der Waals surface area contributed by atoms with Gasteiger partial charge >= 0.3 is 0 Å². The van der Waals surface area contributed by atoms with Gasteiger partial charge in [-0.15, -0.1) is 0 Å². The normalized spacial score (nSPS) is 21.4. The second-order valence-corrected chi connectivity index (χ2v) is 4.74. The molecule has 0 amide bonds. The molecule has 1 aromatic heterocycles. The monoisotopic (exact) mass is 239 g/mol. The molecule has 0 spiro atoms. The maximum Gasteiger partial charge on any atom is 0.231 e. The summed E-state index contributed by atoms with van der Waals surface area (Å²) in [5, 5.41) is 7.31. The molecule has 2 rings (SSSR count). The predicted molar refractivity (Wildman–Crippen MR) is 64.0 cm³/mol. The Labute approximate surface area is 102 Å². The van der Waals surface area contributed by atoms with Crippen LogP contribution in [0, 0.1) is 0 Å². The van der Waals surface area contributed by atoms with Crippen LogP contribution in [0.1, 0.15) is 50.2 Å². The number of likely N-dealkylation sites (N-methyl/N-ethyl adjacent to an activating group) is 1. The molecule has 1 N–H and O–H groups in total. The third-order valence-electron chi connectivity index (χ3n) is 3.64. The van der Waals surface area contributed by atoms with Gasteiger partial charge in [-0.25, -0.2) is 0 Å². The van der Waals surface area contributed by atoms with Gasteiger partial charge in [-0.1, -0.05) is 12.1 Å². The van der Waals surface area contributed by atoms with Crippen molar-refractivity contribution < 1.29 is 9.26 Å². The number of hydrogen-bond acceptors (Lipinski definition) is 5. The van der Waals surface area contributed by atoms with Crippen LogP contribution in [0.4, 0.5) is 0 Å². The third-order valence-corrected chi connectivity index (χ3v) is 3.64. The molecule has 0 saturated carbocycles. The van der Waals surface area contributed by atoms with Gasteiger partial charge in [-0.2, -0.15) is 4.98 Å². The molecule has 0 bridgehead atoms. The number of nitrogens with zero attached hydrogens (tertiary/aromatic N) is 2. The van der Waals surface area contributed by atoms with Crippen molar-refractivity contribution >= 4 is 0 Å². The average molecular weight is 239 g/mol. The van der Waals surface area contributed by atoms with Crippen molar-refractivity contribution in [3.63, 3.8) is 0 Å². The van der Waals surface area contributed by atoms with Crippen LogP contribution in [0.5, 0.6) is 0 Å². The first-order valence-corrected chi connectivity index (χ1v) is 6.31. The first-order chi connectivity index (χ1) is 8.22. The molecule has 0 radical (unpaired) electrons. The van der Waals surface area contributed by atoms with Gasteiger partial charge < -0.3 is 14.6 Å². The van der Waals surface area contributed by atoms with Gasteiger partial charge in [0.2, 0.25) is 5.89 Å². The predicted octanol–water partition coefficient (Wildman–Crippen LogP) is 1.67. The van der Waals surface area contributed by atoms with E-state index < -0.39 is 0 Å². The lowest BCUT2D eigenvalue weighted by atomic mass is 9.99. The summed E-state index contributed by atoms with van der Waals surface area (Å²) in [6.07, 6.45) is 1.99. The van der Waals surface area contributed by atoms with Gasteiger partial charge in [-0.05, 0) is 26.8 Å². The summed E-state index contributed by atoms with van der Waals surface area (Å²) >= 11 is 0. The zero-order valence-corrected chi connectivity index (χ0v) is 10.8. The summed E-state index contributed by atoms with van der Waals surface area (Å²) in [6, 6.07) is 0.331. The SMILES string of the molecule is CNC(C)C(C)c1nc(C2CCOCC2)no1. The maximum atomic E-state index is 5.36. The summed E-state index contributed by atoms with van der Waals surface area (Å²) < 4.78 is 10.7. The Hall–Kier alpha value is -0.940. The minimum absolute atomic E-state index is 0.237. The molecule has 2 atom stereocenters. The van der Waals surface area contributed by atoms with Crippen LogP contribution in [-0.2, 0) is 4.74 Å². The fourth-order valence-corrected chi connectivity index (χ4v) is 2.02. The average Bonchev–Trinajstić information content (AvgIpc) is 2.87. The lowest BCUT2D eigenvalue weighted by Gasteiger charge is -2.18. The highest BCUT2D eigenvalue weighted by molar-refractivity contribution is 5.01. The van der Waals surface area contributed by atoms with Crippen LogP contribution in [0.15, 0.2) is 4.52 Å². The summed E-state index contributed by atoms with van der Waals surface area (Å²) in [5.74, 6) is 2.21. The Morgan fingerprint density at radius 1 is 1.29 bits per heavy atom. The van der Waals surface area contributed by atoms with Crippen LogP contribution in [0.2, 0.25) is 0 Å². The van der Waals surface area contributed by atoms with E-state index in [2.05, 4.69) is 29.3 Å². The smallest absolute Gasteiger partial charge is 0.231 e. The van der Waals surface area contributed by atoms with Gasteiger partial charge in [0, 0.05) is 25.2 Å². The van der Waals surface area contributed by atoms with Gasteiger partial charge in [0.15, 0.2) is 5.82 Å². The van der Waals surface area contributed by atoms with E-state index in [1.54, 1.807) is 0 Å². The van der Waals surface area contributed by atoms with Crippen molar-refractivity contribution in [2.24, 2.45) is 0 Å². The fourth-order valence-electron chi connectivity index (χ4n) is 2.02. The van der Waals surface area contributed by atoms with E-state index >= 15 is 0 Å². The number of hydrogen-bond donors (Lipinski definition) is 1. The molecule has 1 saturated heterocycles. The first kappa shape index (κ1) is 12.5. The van der Waals surface area contributed by atoms with E-state index in [4.69, 9.17) is 9.26 Å². The molecular formula is C12H21N3O2. The van der Waals surface area contributed by atoms with E-state index in [1.807, 2.05) is 7.05 Å². The lowest BCUT2D eigenvalue weighted by Crippen LogP contribution is -2.27. The Bertz CT molecular complexity index is 331. The number of ether oxygens (including phenoxy) is 1. The van der Waals surface area contributed by atoms with Crippen molar-refractivity contribution in [2.45, 2.75) is 44.6 Å². The highest BCUT2D eigenvalue weighted by Gasteiger charge is 2.24. The summed E-state index contributed by atoms with van der Waals surface area (Å²) in [5.41, 5.74) is 0. The molecule has 17 heavy (non-hydrogen) atoms. The molecule has 2 unspecified atom stereocenters. The van der Waals surface area contributed by atoms with Crippen LogP contribution >= 0.6 is 0 Å². The van der Waals surface area contributed by atoms with Crippen molar-refractivity contribution in [1.82, 2.24) is 15.5 Å². The highest BCUT2D eigenvalue weighted by atomic mass is 16.5. The minimum Gasteiger partial charge on any atom is -0.381 e. The van der Waals surface area contributed by atoms with E-state index in [9.17, 15) is 0 Å². The van der Waals surface area contributed by atoms with E-state index in [1.165, 1.54) is 0 Å². The molecule has 2 heterocycles. The molecule has 96 valence electrons. The van der Waals surface area contributed by atoms with Gasteiger partial charge in [0.1, 0.15) is 0 Å². The molecule has 1 aromatic rings. The van der Waals surface area contributed by atoms with Gasteiger partial charge in [-0.3, -0.25) is 0 Å². The van der Waals surface area contributed by atoms with Gasteiger partial charge in [0.05, 0.1) is 5.92 Å². The second kappa shape index (κ2) is 5.60. The number of nitrogens with one attached hydrogen (secondary N) is 1. The molecule has 1 aliphatic rings. The molecule has 1 aliphatic heterocycles.